The van der Waals surface area contributed by atoms with E-state index in [1.165, 1.54) is 38.2 Å². The van der Waals surface area contributed by atoms with Gasteiger partial charge in [-0.15, -0.1) is 6.58 Å². The van der Waals surface area contributed by atoms with Crippen LogP contribution in [0.25, 0.3) is 0 Å². The van der Waals surface area contributed by atoms with Crippen molar-refractivity contribution in [1.82, 2.24) is 0 Å². The summed E-state index contributed by atoms with van der Waals surface area (Å²) in [5, 5.41) is 31.1. The number of aliphatic hydroxyl groups is 3. The molecule has 0 aromatic rings. The van der Waals surface area contributed by atoms with E-state index in [0.29, 0.717) is 17.3 Å². The van der Waals surface area contributed by atoms with Gasteiger partial charge in [0.1, 0.15) is 31.0 Å². The van der Waals surface area contributed by atoms with Crippen molar-refractivity contribution in [3.8, 4) is 0 Å². The highest BCUT2D eigenvalue weighted by molar-refractivity contribution is 5.65. The van der Waals surface area contributed by atoms with Crippen LogP contribution < -0.4 is 0 Å². The molecule has 3 saturated carbocycles. The number of ether oxygens (including phenoxy) is 3. The average molecular weight is 505 g/mol. The minimum atomic E-state index is -1.44. The first-order chi connectivity index (χ1) is 17.1. The highest BCUT2D eigenvalue weighted by Gasteiger charge is 2.58. The second-order valence-corrected chi connectivity index (χ2v) is 12.5. The molecule has 3 N–H and O–H groups in total. The predicted octanol–water partition coefficient (Wildman–Crippen LogP) is 3.51. The topological polar surface area (TPSA) is 105 Å². The quantitative estimate of drug-likeness (QED) is 0.389. The van der Waals surface area contributed by atoms with E-state index in [9.17, 15) is 20.1 Å². The molecule has 3 unspecified atom stereocenters. The monoisotopic (exact) mass is 504 g/mol. The molecule has 0 bridgehead atoms. The van der Waals surface area contributed by atoms with E-state index in [4.69, 9.17) is 14.2 Å². The Morgan fingerprint density at radius 3 is 2.61 bits per heavy atom. The van der Waals surface area contributed by atoms with Gasteiger partial charge >= 0.3 is 5.97 Å². The van der Waals surface area contributed by atoms with Gasteiger partial charge in [-0.25, -0.2) is 0 Å². The van der Waals surface area contributed by atoms with E-state index < -0.39 is 36.7 Å². The van der Waals surface area contributed by atoms with Gasteiger partial charge in [0, 0.05) is 6.92 Å². The maximum atomic E-state index is 11.2. The number of hydrogen-bond donors (Lipinski definition) is 3. The van der Waals surface area contributed by atoms with Gasteiger partial charge in [-0.05, 0) is 85.9 Å². The molecular formula is C29H44O7. The summed E-state index contributed by atoms with van der Waals surface area (Å²) in [7, 11) is 0. The number of allylic oxidation sites excluding steroid dienone is 2. The zero-order valence-electron chi connectivity index (χ0n) is 22.0. The summed E-state index contributed by atoms with van der Waals surface area (Å²) in [5.74, 6) is 2.35. The van der Waals surface area contributed by atoms with Gasteiger partial charge in [0.15, 0.2) is 6.29 Å². The summed E-state index contributed by atoms with van der Waals surface area (Å²) in [6.45, 7) is 10.2. The Kier molecular flexibility index (Phi) is 7.18. The molecule has 0 aromatic heterocycles. The molecule has 1 aliphatic heterocycles. The maximum absolute atomic E-state index is 11.2. The van der Waals surface area contributed by atoms with Crippen molar-refractivity contribution < 1.29 is 34.3 Å². The van der Waals surface area contributed by atoms with Gasteiger partial charge < -0.3 is 29.5 Å². The maximum Gasteiger partial charge on any atom is 0.302 e. The lowest BCUT2D eigenvalue weighted by atomic mass is 9.47. The number of rotatable bonds is 5. The lowest BCUT2D eigenvalue weighted by Crippen LogP contribution is -2.60. The summed E-state index contributed by atoms with van der Waals surface area (Å²) in [5.41, 5.74) is 2.04. The minimum Gasteiger partial charge on any atom is -0.463 e. The van der Waals surface area contributed by atoms with E-state index >= 15 is 0 Å². The van der Waals surface area contributed by atoms with Crippen molar-refractivity contribution in [3.63, 3.8) is 0 Å². The number of carbonyl (C=O) groups is 1. The van der Waals surface area contributed by atoms with E-state index in [1.54, 1.807) is 0 Å². The van der Waals surface area contributed by atoms with Gasteiger partial charge in [0.25, 0.3) is 0 Å². The minimum absolute atomic E-state index is 0.136. The van der Waals surface area contributed by atoms with Crippen LogP contribution in [0.2, 0.25) is 0 Å². The normalized spacial score (nSPS) is 50.3. The fourth-order valence-electron chi connectivity index (χ4n) is 8.73. The summed E-state index contributed by atoms with van der Waals surface area (Å²) in [4.78, 5) is 11.2. The second kappa shape index (κ2) is 9.81. The Labute approximate surface area is 214 Å². The van der Waals surface area contributed by atoms with Crippen molar-refractivity contribution in [3.05, 3.63) is 24.3 Å². The fraction of sp³-hybridized carbons (Fsp3) is 0.828. The molecule has 5 aliphatic rings. The third-order valence-electron chi connectivity index (χ3n) is 10.9. The molecule has 0 amide bonds. The van der Waals surface area contributed by atoms with Crippen molar-refractivity contribution in [2.24, 2.45) is 34.5 Å². The van der Waals surface area contributed by atoms with Crippen molar-refractivity contribution in [2.45, 2.75) is 109 Å². The highest BCUT2D eigenvalue weighted by Crippen LogP contribution is 2.66. The molecule has 5 rings (SSSR count). The summed E-state index contributed by atoms with van der Waals surface area (Å²) in [6, 6.07) is 0. The molecule has 0 radical (unpaired) electrons. The largest absolute Gasteiger partial charge is 0.463 e. The molecule has 36 heavy (non-hydrogen) atoms. The number of carbonyl (C=O) groups excluding carboxylic acids is 1. The van der Waals surface area contributed by atoms with Crippen LogP contribution in [0.1, 0.15) is 72.1 Å². The molecule has 1 heterocycles. The molecule has 7 heteroatoms. The van der Waals surface area contributed by atoms with E-state index in [-0.39, 0.29) is 18.1 Å². The van der Waals surface area contributed by atoms with Crippen LogP contribution in [0.15, 0.2) is 24.3 Å². The van der Waals surface area contributed by atoms with E-state index in [2.05, 4.69) is 32.6 Å². The van der Waals surface area contributed by atoms with Crippen molar-refractivity contribution >= 4 is 5.97 Å². The molecular weight excluding hydrogens is 460 g/mol. The highest BCUT2D eigenvalue weighted by atomic mass is 16.7. The van der Waals surface area contributed by atoms with Gasteiger partial charge in [0.2, 0.25) is 0 Å². The number of hydrogen-bond acceptors (Lipinski definition) is 7. The zero-order chi connectivity index (χ0) is 25.8. The van der Waals surface area contributed by atoms with Gasteiger partial charge in [-0.3, -0.25) is 4.79 Å². The van der Waals surface area contributed by atoms with Crippen LogP contribution in [0.3, 0.4) is 0 Å². The van der Waals surface area contributed by atoms with E-state index in [1.807, 2.05) is 0 Å². The lowest BCUT2D eigenvalue weighted by Gasteiger charge is -2.58. The summed E-state index contributed by atoms with van der Waals surface area (Å²) < 4.78 is 17.0. The number of aliphatic hydroxyl groups excluding tert-OH is 3. The summed E-state index contributed by atoms with van der Waals surface area (Å²) >= 11 is 0. The molecule has 4 aliphatic carbocycles. The van der Waals surface area contributed by atoms with Gasteiger partial charge in [-0.1, -0.05) is 31.6 Å². The Bertz CT molecular complexity index is 887. The molecule has 1 saturated heterocycles. The van der Waals surface area contributed by atoms with Crippen LogP contribution in [0.5, 0.6) is 0 Å². The van der Waals surface area contributed by atoms with Crippen LogP contribution in [0.4, 0.5) is 0 Å². The van der Waals surface area contributed by atoms with Crippen LogP contribution >= 0.6 is 0 Å². The molecule has 0 spiro atoms. The van der Waals surface area contributed by atoms with Crippen molar-refractivity contribution in [1.29, 1.82) is 0 Å². The second-order valence-electron chi connectivity index (χ2n) is 12.5. The molecule has 202 valence electrons. The number of esters is 1. The first-order valence-electron chi connectivity index (χ1n) is 13.9. The lowest BCUT2D eigenvalue weighted by molar-refractivity contribution is -0.313. The Balaban J connectivity index is 1.26. The molecule has 12 atom stereocenters. The third-order valence-corrected chi connectivity index (χ3v) is 10.9. The average Bonchev–Trinajstić information content (AvgIpc) is 3.20. The van der Waals surface area contributed by atoms with Crippen LogP contribution in [0, 0.1) is 34.5 Å². The number of fused-ring (bicyclic) bond motifs is 5. The Morgan fingerprint density at radius 1 is 1.11 bits per heavy atom. The fourth-order valence-corrected chi connectivity index (χ4v) is 8.73. The van der Waals surface area contributed by atoms with Crippen LogP contribution in [-0.2, 0) is 19.0 Å². The Hall–Kier alpha value is -1.25. The molecule has 0 aromatic carbocycles. The van der Waals surface area contributed by atoms with Gasteiger partial charge in [0.05, 0.1) is 6.10 Å². The van der Waals surface area contributed by atoms with Gasteiger partial charge in [-0.2, -0.15) is 0 Å². The standard InChI is InChI=1S/C29H44O7/c1-5-17-7-9-21-20-8-6-18-14-19(10-12-29(18,4)22(20)11-13-28(17,21)3)35-27-26(33)25(32)24(31)23(36-27)15-34-16(2)30/h5-6,17,19-27,31-33H,1,7-15H2,2-4H3/t17-,19-,20-,21-,22-,23?,24+,25?,26?,27+,28+,29-/m0/s1. The van der Waals surface area contributed by atoms with Crippen LogP contribution in [-0.4, -0.2) is 64.7 Å². The SMILES string of the molecule is C=C[C@H]1CC[C@H]2[C@@H]3CC=C4C[C@@H](O[C@@H]5OC(COC(C)=O)[C@@H](O)C(O)C5O)CC[C@]4(C)[C@H]3CC[C@]12C. The summed E-state index contributed by atoms with van der Waals surface area (Å²) in [6.07, 6.45) is 7.30. The van der Waals surface area contributed by atoms with E-state index in [0.717, 1.165) is 37.5 Å². The molecule has 4 fully saturated rings. The first kappa shape index (κ1) is 26.4. The van der Waals surface area contributed by atoms with Crippen molar-refractivity contribution in [2.75, 3.05) is 6.61 Å². The molecule has 7 nitrogen and oxygen atoms in total. The smallest absolute Gasteiger partial charge is 0.302 e. The predicted molar refractivity (Wildman–Crippen MR) is 134 cm³/mol. The third kappa shape index (κ3) is 4.29. The zero-order valence-corrected chi connectivity index (χ0v) is 22.0. The Morgan fingerprint density at radius 2 is 1.89 bits per heavy atom. The first-order valence-corrected chi connectivity index (χ1v) is 13.9.